The lowest BCUT2D eigenvalue weighted by Gasteiger charge is -2.24. The van der Waals surface area contributed by atoms with E-state index in [-0.39, 0.29) is 0 Å². The van der Waals surface area contributed by atoms with Gasteiger partial charge in [-0.15, -0.1) is 0 Å². The van der Waals surface area contributed by atoms with E-state index in [1.54, 1.807) is 0 Å². The maximum atomic E-state index is 9.95. The molecule has 1 aliphatic carbocycles. The number of nitrogens with one attached hydrogen (secondary N) is 1. The van der Waals surface area contributed by atoms with Gasteiger partial charge >= 0.3 is 0 Å². The van der Waals surface area contributed by atoms with Crippen molar-refractivity contribution in [2.24, 2.45) is 5.92 Å². The van der Waals surface area contributed by atoms with Crippen LogP contribution in [0.5, 0.6) is 0 Å². The van der Waals surface area contributed by atoms with Crippen LogP contribution in [0.3, 0.4) is 0 Å². The number of hydrogen-bond donors (Lipinski definition) is 2. The maximum absolute atomic E-state index is 9.95. The second-order valence-corrected chi connectivity index (χ2v) is 6.32. The van der Waals surface area contributed by atoms with E-state index in [4.69, 9.17) is 9.47 Å². The van der Waals surface area contributed by atoms with E-state index >= 15 is 0 Å². The molecule has 0 saturated heterocycles. The van der Waals surface area contributed by atoms with Gasteiger partial charge in [0.15, 0.2) is 0 Å². The van der Waals surface area contributed by atoms with Crippen LogP contribution in [0.25, 0.3) is 0 Å². The first-order valence-corrected chi connectivity index (χ1v) is 8.81. The van der Waals surface area contributed by atoms with Crippen molar-refractivity contribution in [1.82, 2.24) is 5.32 Å². The lowest BCUT2D eigenvalue weighted by Crippen LogP contribution is -2.40. The van der Waals surface area contributed by atoms with Crippen LogP contribution in [0, 0.1) is 5.92 Å². The van der Waals surface area contributed by atoms with Crippen LogP contribution < -0.4 is 5.32 Å². The third-order valence-electron chi connectivity index (χ3n) is 4.30. The zero-order valence-corrected chi connectivity index (χ0v) is 14.0. The summed E-state index contributed by atoms with van der Waals surface area (Å²) in [4.78, 5) is 0. The van der Waals surface area contributed by atoms with Crippen LogP contribution in [0.15, 0.2) is 0 Å². The van der Waals surface area contributed by atoms with Gasteiger partial charge < -0.3 is 19.9 Å². The SMILES string of the molecule is CCCCOCCOCC(O)CNC1CCCCCC1C. The minimum Gasteiger partial charge on any atom is -0.389 e. The van der Waals surface area contributed by atoms with E-state index in [1.165, 1.54) is 32.1 Å². The first-order chi connectivity index (χ1) is 10.2. The fourth-order valence-corrected chi connectivity index (χ4v) is 2.83. The summed E-state index contributed by atoms with van der Waals surface area (Å²) in [5, 5.41) is 13.5. The summed E-state index contributed by atoms with van der Waals surface area (Å²) in [6, 6.07) is 0.555. The van der Waals surface area contributed by atoms with Crippen LogP contribution in [0.4, 0.5) is 0 Å². The minimum atomic E-state index is -0.420. The van der Waals surface area contributed by atoms with Gasteiger partial charge in [-0.25, -0.2) is 0 Å². The Kier molecular flexibility index (Phi) is 11.1. The van der Waals surface area contributed by atoms with Crippen LogP contribution in [0.2, 0.25) is 0 Å². The van der Waals surface area contributed by atoms with Crippen molar-refractivity contribution in [2.45, 2.75) is 70.9 Å². The summed E-state index contributed by atoms with van der Waals surface area (Å²) in [5.74, 6) is 0.715. The molecule has 0 aromatic carbocycles. The average molecular weight is 301 g/mol. The van der Waals surface area contributed by atoms with E-state index in [0.29, 0.717) is 38.3 Å². The Balaban J connectivity index is 1.98. The van der Waals surface area contributed by atoms with Crippen LogP contribution >= 0.6 is 0 Å². The van der Waals surface area contributed by atoms with E-state index in [0.717, 1.165) is 19.4 Å². The highest BCUT2D eigenvalue weighted by Crippen LogP contribution is 2.22. The van der Waals surface area contributed by atoms with Gasteiger partial charge in [0.2, 0.25) is 0 Å². The van der Waals surface area contributed by atoms with Crippen molar-refractivity contribution in [3.05, 3.63) is 0 Å². The quantitative estimate of drug-likeness (QED) is 0.455. The molecule has 0 radical (unpaired) electrons. The molecule has 0 aromatic heterocycles. The molecule has 1 aliphatic rings. The molecular formula is C17H35NO3. The fraction of sp³-hybridized carbons (Fsp3) is 1.00. The van der Waals surface area contributed by atoms with Gasteiger partial charge in [0.1, 0.15) is 0 Å². The number of rotatable bonds is 11. The van der Waals surface area contributed by atoms with Crippen LogP contribution in [-0.2, 0) is 9.47 Å². The summed E-state index contributed by atoms with van der Waals surface area (Å²) in [7, 11) is 0. The van der Waals surface area contributed by atoms with Crippen molar-refractivity contribution in [3.63, 3.8) is 0 Å². The predicted molar refractivity (Wildman–Crippen MR) is 86.6 cm³/mol. The van der Waals surface area contributed by atoms with Gasteiger partial charge in [-0.3, -0.25) is 0 Å². The first-order valence-electron chi connectivity index (χ1n) is 8.81. The molecule has 0 heterocycles. The molecule has 0 bridgehead atoms. The van der Waals surface area contributed by atoms with Gasteiger partial charge in [0, 0.05) is 19.2 Å². The monoisotopic (exact) mass is 301 g/mol. The smallest absolute Gasteiger partial charge is 0.0897 e. The molecule has 2 N–H and O–H groups in total. The highest BCUT2D eigenvalue weighted by molar-refractivity contribution is 4.77. The zero-order valence-electron chi connectivity index (χ0n) is 14.0. The second-order valence-electron chi connectivity index (χ2n) is 6.32. The molecule has 126 valence electrons. The molecule has 0 aliphatic heterocycles. The molecule has 4 nitrogen and oxygen atoms in total. The third-order valence-corrected chi connectivity index (χ3v) is 4.30. The lowest BCUT2D eigenvalue weighted by atomic mass is 9.97. The molecule has 4 heteroatoms. The summed E-state index contributed by atoms with van der Waals surface area (Å²) < 4.78 is 10.9. The third kappa shape index (κ3) is 9.46. The highest BCUT2D eigenvalue weighted by atomic mass is 16.5. The maximum Gasteiger partial charge on any atom is 0.0897 e. The molecule has 1 rings (SSSR count). The normalized spacial score (nSPS) is 24.7. The van der Waals surface area contributed by atoms with Gasteiger partial charge in [-0.1, -0.05) is 39.5 Å². The largest absolute Gasteiger partial charge is 0.389 e. The van der Waals surface area contributed by atoms with Gasteiger partial charge in [0.05, 0.1) is 25.9 Å². The Bertz CT molecular complexity index is 238. The Morgan fingerprint density at radius 2 is 1.86 bits per heavy atom. The van der Waals surface area contributed by atoms with E-state index in [2.05, 4.69) is 19.2 Å². The molecule has 21 heavy (non-hydrogen) atoms. The molecule has 1 fully saturated rings. The number of aliphatic hydroxyl groups is 1. The topological polar surface area (TPSA) is 50.7 Å². The molecule has 0 spiro atoms. The van der Waals surface area contributed by atoms with E-state index in [9.17, 15) is 5.11 Å². The number of unbranched alkanes of at least 4 members (excludes halogenated alkanes) is 1. The van der Waals surface area contributed by atoms with E-state index < -0.39 is 6.10 Å². The van der Waals surface area contributed by atoms with Gasteiger partial charge in [-0.05, 0) is 25.2 Å². The molecule has 3 unspecified atom stereocenters. The van der Waals surface area contributed by atoms with Gasteiger partial charge in [0.25, 0.3) is 0 Å². The number of ether oxygens (including phenoxy) is 2. The molecule has 1 saturated carbocycles. The lowest BCUT2D eigenvalue weighted by molar-refractivity contribution is 0.00266. The summed E-state index contributed by atoms with van der Waals surface area (Å²) >= 11 is 0. The molecule has 3 atom stereocenters. The molecule has 0 amide bonds. The van der Waals surface area contributed by atoms with Crippen molar-refractivity contribution < 1.29 is 14.6 Å². The van der Waals surface area contributed by atoms with Crippen molar-refractivity contribution in [1.29, 1.82) is 0 Å². The predicted octanol–water partition coefficient (Wildman–Crippen LogP) is 2.74. The Morgan fingerprint density at radius 1 is 1.10 bits per heavy atom. The van der Waals surface area contributed by atoms with Crippen molar-refractivity contribution >= 4 is 0 Å². The van der Waals surface area contributed by atoms with E-state index in [1.807, 2.05) is 0 Å². The van der Waals surface area contributed by atoms with Crippen LogP contribution in [0.1, 0.15) is 58.8 Å². The Hall–Kier alpha value is -0.160. The fourth-order valence-electron chi connectivity index (χ4n) is 2.83. The first kappa shape index (κ1) is 18.9. The second kappa shape index (κ2) is 12.4. The zero-order chi connectivity index (χ0) is 15.3. The number of hydrogen-bond acceptors (Lipinski definition) is 4. The van der Waals surface area contributed by atoms with Gasteiger partial charge in [-0.2, -0.15) is 0 Å². The standard InChI is InChI=1S/C17H35NO3/c1-3-4-10-20-11-12-21-14-16(19)13-18-17-9-7-5-6-8-15(17)2/h15-19H,3-14H2,1-2H3. The van der Waals surface area contributed by atoms with Crippen LogP contribution in [-0.4, -0.2) is 50.2 Å². The summed E-state index contributed by atoms with van der Waals surface area (Å²) in [5.41, 5.74) is 0. The summed E-state index contributed by atoms with van der Waals surface area (Å²) in [6.45, 7) is 7.50. The Labute approximate surface area is 130 Å². The molecular weight excluding hydrogens is 266 g/mol. The average Bonchev–Trinajstić information content (AvgIpc) is 2.68. The van der Waals surface area contributed by atoms with Crippen molar-refractivity contribution in [3.8, 4) is 0 Å². The van der Waals surface area contributed by atoms with Crippen molar-refractivity contribution in [2.75, 3.05) is 33.0 Å². The summed E-state index contributed by atoms with van der Waals surface area (Å²) in [6.07, 6.45) is 8.39. The molecule has 0 aromatic rings. The number of aliphatic hydroxyl groups excluding tert-OH is 1. The Morgan fingerprint density at radius 3 is 2.67 bits per heavy atom. The highest BCUT2D eigenvalue weighted by Gasteiger charge is 2.20. The minimum absolute atomic E-state index is 0.394.